The van der Waals surface area contributed by atoms with Crippen LogP contribution in [0.2, 0.25) is 5.02 Å². The summed E-state index contributed by atoms with van der Waals surface area (Å²) in [7, 11) is 0. The number of ketones is 1. The number of carbonyl (C=O) groups excluding carboxylic acids is 2. The van der Waals surface area contributed by atoms with E-state index < -0.39 is 17.5 Å². The molecule has 0 aromatic heterocycles. The molecular weight excluding hydrogens is 358 g/mol. The van der Waals surface area contributed by atoms with E-state index in [9.17, 15) is 19.7 Å². The van der Waals surface area contributed by atoms with Crippen molar-refractivity contribution in [1.29, 1.82) is 0 Å². The number of ether oxygens (including phenoxy) is 1. The molecular formula is C19H16ClNO5. The highest BCUT2D eigenvalue weighted by atomic mass is 35.5. The van der Waals surface area contributed by atoms with Gasteiger partial charge in [-0.1, -0.05) is 23.7 Å². The van der Waals surface area contributed by atoms with E-state index in [0.717, 1.165) is 37.8 Å². The maximum atomic E-state index is 12.3. The molecule has 0 amide bonds. The van der Waals surface area contributed by atoms with Gasteiger partial charge in [0, 0.05) is 17.7 Å². The van der Waals surface area contributed by atoms with Gasteiger partial charge in [-0.2, -0.15) is 0 Å². The van der Waals surface area contributed by atoms with Crippen molar-refractivity contribution >= 4 is 29.0 Å². The second-order valence-corrected chi connectivity index (χ2v) is 6.52. The molecule has 0 atom stereocenters. The first-order valence-electron chi connectivity index (χ1n) is 8.22. The molecule has 1 aliphatic carbocycles. The normalized spacial score (nSPS) is 13.0. The number of nitro groups is 1. The molecule has 0 saturated carbocycles. The van der Waals surface area contributed by atoms with Crippen LogP contribution in [0.25, 0.3) is 0 Å². The number of hydrogen-bond donors (Lipinski definition) is 0. The topological polar surface area (TPSA) is 86.5 Å². The van der Waals surface area contributed by atoms with Crippen LogP contribution in [-0.4, -0.2) is 23.3 Å². The van der Waals surface area contributed by atoms with E-state index in [1.54, 1.807) is 6.07 Å². The van der Waals surface area contributed by atoms with Crippen molar-refractivity contribution in [3.8, 4) is 0 Å². The van der Waals surface area contributed by atoms with E-state index in [1.807, 2.05) is 12.1 Å². The fourth-order valence-corrected chi connectivity index (χ4v) is 3.23. The summed E-state index contributed by atoms with van der Waals surface area (Å²) in [4.78, 5) is 34.5. The van der Waals surface area contributed by atoms with Gasteiger partial charge in [-0.25, -0.2) is 4.79 Å². The third kappa shape index (κ3) is 3.91. The van der Waals surface area contributed by atoms with Crippen molar-refractivity contribution in [1.82, 2.24) is 0 Å². The number of non-ortho nitro benzene ring substituents is 1. The highest BCUT2D eigenvalue weighted by Crippen LogP contribution is 2.24. The summed E-state index contributed by atoms with van der Waals surface area (Å²) in [6.07, 6.45) is 4.25. The lowest BCUT2D eigenvalue weighted by molar-refractivity contribution is -0.384. The first kappa shape index (κ1) is 18.1. The van der Waals surface area contributed by atoms with E-state index in [0.29, 0.717) is 5.56 Å². The van der Waals surface area contributed by atoms with Crippen LogP contribution in [0.5, 0.6) is 0 Å². The molecule has 7 heteroatoms. The molecule has 134 valence electrons. The number of carbonyl (C=O) groups is 2. The number of rotatable bonds is 5. The Morgan fingerprint density at radius 1 is 1.08 bits per heavy atom. The Kier molecular flexibility index (Phi) is 5.32. The van der Waals surface area contributed by atoms with Crippen LogP contribution < -0.4 is 0 Å². The second kappa shape index (κ2) is 7.66. The van der Waals surface area contributed by atoms with Gasteiger partial charge in [0.1, 0.15) is 0 Å². The molecule has 0 aliphatic heterocycles. The van der Waals surface area contributed by atoms with Crippen molar-refractivity contribution in [2.75, 3.05) is 6.61 Å². The van der Waals surface area contributed by atoms with E-state index in [4.69, 9.17) is 16.3 Å². The third-order valence-corrected chi connectivity index (χ3v) is 4.70. The molecule has 0 bridgehead atoms. The number of halogens is 1. The van der Waals surface area contributed by atoms with Crippen LogP contribution in [0.1, 0.15) is 44.7 Å². The largest absolute Gasteiger partial charge is 0.454 e. The number of fused-ring (bicyclic) bond motifs is 1. The molecule has 0 unspecified atom stereocenters. The second-order valence-electron chi connectivity index (χ2n) is 6.11. The molecule has 0 spiro atoms. The summed E-state index contributed by atoms with van der Waals surface area (Å²) in [5.41, 5.74) is 2.70. The lowest BCUT2D eigenvalue weighted by Crippen LogP contribution is -2.15. The SMILES string of the molecule is O=C(COC(=O)c1ccc([N+](=O)[O-])cc1Cl)c1ccc2c(c1)CCCC2. The molecule has 3 rings (SSSR count). The van der Waals surface area contributed by atoms with Crippen LogP contribution >= 0.6 is 11.6 Å². The molecule has 0 fully saturated rings. The van der Waals surface area contributed by atoms with Gasteiger partial charge in [0.25, 0.3) is 5.69 Å². The van der Waals surface area contributed by atoms with Crippen molar-refractivity contribution in [2.45, 2.75) is 25.7 Å². The fourth-order valence-electron chi connectivity index (χ4n) is 2.98. The number of esters is 1. The first-order valence-corrected chi connectivity index (χ1v) is 8.59. The number of nitro benzene ring substituents is 1. The minimum absolute atomic E-state index is 0.0180. The number of benzene rings is 2. The molecule has 2 aromatic rings. The summed E-state index contributed by atoms with van der Waals surface area (Å²) in [5.74, 6) is -1.10. The van der Waals surface area contributed by atoms with Gasteiger partial charge in [0.15, 0.2) is 12.4 Å². The van der Waals surface area contributed by atoms with E-state index in [-0.39, 0.29) is 22.1 Å². The van der Waals surface area contributed by atoms with Gasteiger partial charge >= 0.3 is 5.97 Å². The highest BCUT2D eigenvalue weighted by Gasteiger charge is 2.18. The van der Waals surface area contributed by atoms with Gasteiger partial charge in [-0.05, 0) is 48.9 Å². The Labute approximate surface area is 154 Å². The number of hydrogen-bond acceptors (Lipinski definition) is 5. The summed E-state index contributed by atoms with van der Waals surface area (Å²) < 4.78 is 5.03. The lowest BCUT2D eigenvalue weighted by Gasteiger charge is -2.16. The monoisotopic (exact) mass is 373 g/mol. The number of Topliss-reactive ketones (excluding diaryl/α,β-unsaturated/α-hetero) is 1. The Hall–Kier alpha value is -2.73. The molecule has 1 aliphatic rings. The third-order valence-electron chi connectivity index (χ3n) is 4.39. The predicted octanol–water partition coefficient (Wildman–Crippen LogP) is 4.17. The minimum atomic E-state index is -0.795. The van der Waals surface area contributed by atoms with Crippen molar-refractivity contribution in [3.05, 3.63) is 73.8 Å². The summed E-state index contributed by atoms with van der Waals surface area (Å²) in [5, 5.41) is 10.6. The van der Waals surface area contributed by atoms with Gasteiger partial charge in [-0.3, -0.25) is 14.9 Å². The van der Waals surface area contributed by atoms with Crippen LogP contribution in [-0.2, 0) is 17.6 Å². The quantitative estimate of drug-likeness (QED) is 0.340. The average Bonchev–Trinajstić information content (AvgIpc) is 2.65. The first-order chi connectivity index (χ1) is 12.5. The van der Waals surface area contributed by atoms with Crippen LogP contribution in [0, 0.1) is 10.1 Å². The maximum absolute atomic E-state index is 12.3. The zero-order valence-corrected chi connectivity index (χ0v) is 14.6. The van der Waals surface area contributed by atoms with Crippen molar-refractivity contribution in [2.24, 2.45) is 0 Å². The molecule has 0 N–H and O–H groups in total. The van der Waals surface area contributed by atoms with Gasteiger partial charge in [0.2, 0.25) is 0 Å². The molecule has 26 heavy (non-hydrogen) atoms. The summed E-state index contributed by atoms with van der Waals surface area (Å²) in [6.45, 7) is -0.412. The van der Waals surface area contributed by atoms with Gasteiger partial charge in [0.05, 0.1) is 15.5 Å². The Morgan fingerprint density at radius 3 is 2.50 bits per heavy atom. The standard InChI is InChI=1S/C19H16ClNO5/c20-17-10-15(21(24)25)7-8-16(17)19(23)26-11-18(22)14-6-5-12-3-1-2-4-13(12)9-14/h5-10H,1-4,11H2. The average molecular weight is 374 g/mol. The lowest BCUT2D eigenvalue weighted by atomic mass is 9.90. The van der Waals surface area contributed by atoms with Crippen molar-refractivity contribution in [3.63, 3.8) is 0 Å². The van der Waals surface area contributed by atoms with Gasteiger partial charge in [-0.15, -0.1) is 0 Å². The Balaban J connectivity index is 1.66. The number of nitrogens with zero attached hydrogens (tertiary/aromatic N) is 1. The summed E-state index contributed by atoms with van der Waals surface area (Å²) >= 11 is 5.89. The molecule has 0 heterocycles. The van der Waals surface area contributed by atoms with Crippen LogP contribution in [0.3, 0.4) is 0 Å². The minimum Gasteiger partial charge on any atom is -0.454 e. The maximum Gasteiger partial charge on any atom is 0.340 e. The van der Waals surface area contributed by atoms with Crippen molar-refractivity contribution < 1.29 is 19.2 Å². The molecule has 2 aromatic carbocycles. The van der Waals surface area contributed by atoms with Crippen LogP contribution in [0.15, 0.2) is 36.4 Å². The van der Waals surface area contributed by atoms with Gasteiger partial charge < -0.3 is 4.74 Å². The predicted molar refractivity (Wildman–Crippen MR) is 95.8 cm³/mol. The molecule has 0 saturated heterocycles. The zero-order chi connectivity index (χ0) is 18.7. The smallest absolute Gasteiger partial charge is 0.340 e. The fraction of sp³-hybridized carbons (Fsp3) is 0.263. The summed E-state index contributed by atoms with van der Waals surface area (Å²) in [6, 6.07) is 9.02. The Bertz CT molecular complexity index is 893. The van der Waals surface area contributed by atoms with Crippen LogP contribution in [0.4, 0.5) is 5.69 Å². The van der Waals surface area contributed by atoms with E-state index in [2.05, 4.69) is 0 Å². The molecule has 6 nitrogen and oxygen atoms in total. The molecule has 0 radical (unpaired) electrons. The van der Waals surface area contributed by atoms with E-state index >= 15 is 0 Å². The zero-order valence-electron chi connectivity index (χ0n) is 13.9. The highest BCUT2D eigenvalue weighted by molar-refractivity contribution is 6.33. The Morgan fingerprint density at radius 2 is 1.81 bits per heavy atom. The number of aryl methyl sites for hydroxylation is 2. The van der Waals surface area contributed by atoms with E-state index in [1.165, 1.54) is 17.2 Å².